The van der Waals surface area contributed by atoms with Gasteiger partial charge >= 0.3 is 0 Å². The molecular weight excluding hydrogens is 414 g/mol. The summed E-state index contributed by atoms with van der Waals surface area (Å²) >= 11 is 0. The number of hydrogen-bond donors (Lipinski definition) is 2. The van der Waals surface area contributed by atoms with Crippen LogP contribution in [0.5, 0.6) is 0 Å². The van der Waals surface area contributed by atoms with E-state index in [4.69, 9.17) is 0 Å². The highest BCUT2D eigenvalue weighted by atomic mass is 15.7. The second-order valence-corrected chi connectivity index (χ2v) is 9.94. The fraction of sp³-hybridized carbons (Fsp3) is 0.613. The number of nitrogens with zero attached hydrogens (tertiary/aromatic N) is 1. The first-order chi connectivity index (χ1) is 16.5. The molecule has 0 aliphatic carbocycles. The monoisotopic (exact) mass is 465 g/mol. The predicted octanol–water partition coefficient (Wildman–Crippen LogP) is 7.99. The van der Waals surface area contributed by atoms with Crippen LogP contribution in [0.1, 0.15) is 113 Å². The van der Waals surface area contributed by atoms with E-state index >= 15 is 0 Å². The average Bonchev–Trinajstić information content (AvgIpc) is 2.85. The minimum absolute atomic E-state index is 0.322. The van der Waals surface area contributed by atoms with Crippen molar-refractivity contribution >= 4 is 0 Å². The Morgan fingerprint density at radius 1 is 0.706 bits per heavy atom. The van der Waals surface area contributed by atoms with Crippen LogP contribution >= 0.6 is 0 Å². The van der Waals surface area contributed by atoms with E-state index in [2.05, 4.69) is 100.0 Å². The highest BCUT2D eigenvalue weighted by Crippen LogP contribution is 2.37. The van der Waals surface area contributed by atoms with Gasteiger partial charge in [0.05, 0.1) is 5.54 Å². The molecule has 0 saturated heterocycles. The van der Waals surface area contributed by atoms with Crippen LogP contribution < -0.4 is 10.9 Å². The molecule has 190 valence electrons. The van der Waals surface area contributed by atoms with E-state index in [9.17, 15) is 0 Å². The molecule has 0 aliphatic heterocycles. The Hall–Kier alpha value is -1.68. The van der Waals surface area contributed by atoms with Gasteiger partial charge in [0.15, 0.2) is 0 Å². The largest absolute Gasteiger partial charge is 0.241 e. The minimum Gasteiger partial charge on any atom is -0.241 e. The van der Waals surface area contributed by atoms with Crippen molar-refractivity contribution in [3.63, 3.8) is 0 Å². The van der Waals surface area contributed by atoms with E-state index in [1.165, 1.54) is 85.6 Å². The molecule has 2 N–H and O–H groups in total. The molecule has 34 heavy (non-hydrogen) atoms. The van der Waals surface area contributed by atoms with Gasteiger partial charge in [-0.1, -0.05) is 115 Å². The second kappa shape index (κ2) is 15.3. The van der Waals surface area contributed by atoms with Gasteiger partial charge in [0.1, 0.15) is 0 Å². The van der Waals surface area contributed by atoms with Crippen molar-refractivity contribution in [3.05, 3.63) is 70.3 Å². The van der Waals surface area contributed by atoms with Crippen molar-refractivity contribution in [2.75, 3.05) is 13.1 Å². The molecule has 0 heterocycles. The number of nitrogens with one attached hydrogen (secondary N) is 2. The van der Waals surface area contributed by atoms with E-state index in [-0.39, 0.29) is 5.54 Å². The maximum atomic E-state index is 3.78. The fourth-order valence-electron chi connectivity index (χ4n) is 5.09. The smallest absolute Gasteiger partial charge is 0.0981 e. The first-order valence-corrected chi connectivity index (χ1v) is 13.9. The lowest BCUT2D eigenvalue weighted by atomic mass is 9.80. The summed E-state index contributed by atoms with van der Waals surface area (Å²) in [6, 6.07) is 15.7. The van der Waals surface area contributed by atoms with Crippen LogP contribution in [0, 0.1) is 13.8 Å². The van der Waals surface area contributed by atoms with Gasteiger partial charge < -0.3 is 0 Å². The summed E-state index contributed by atoms with van der Waals surface area (Å²) in [5.74, 6) is 0. The lowest BCUT2D eigenvalue weighted by Crippen LogP contribution is -2.59. The molecule has 0 aromatic heterocycles. The summed E-state index contributed by atoms with van der Waals surface area (Å²) in [5, 5.41) is 2.28. The van der Waals surface area contributed by atoms with Gasteiger partial charge in [-0.2, -0.15) is 5.12 Å². The fourth-order valence-corrected chi connectivity index (χ4v) is 5.09. The maximum absolute atomic E-state index is 3.78. The van der Waals surface area contributed by atoms with Crippen LogP contribution in [0.15, 0.2) is 42.5 Å². The zero-order valence-electron chi connectivity index (χ0n) is 23.0. The molecule has 0 radical (unpaired) electrons. The van der Waals surface area contributed by atoms with Crippen molar-refractivity contribution in [2.45, 2.75) is 111 Å². The average molecular weight is 466 g/mol. The molecule has 0 bridgehead atoms. The molecule has 0 aliphatic rings. The number of hydrogen-bond acceptors (Lipinski definition) is 3. The Labute approximate surface area is 210 Å². The third-order valence-electron chi connectivity index (χ3n) is 7.34. The lowest BCUT2D eigenvalue weighted by Gasteiger charge is -2.43. The van der Waals surface area contributed by atoms with Crippen LogP contribution in [0.2, 0.25) is 0 Å². The first kappa shape index (κ1) is 28.6. The molecule has 0 saturated carbocycles. The molecule has 0 spiro atoms. The highest BCUT2D eigenvalue weighted by Gasteiger charge is 2.37. The zero-order valence-corrected chi connectivity index (χ0v) is 23.0. The Kier molecular flexibility index (Phi) is 12.9. The van der Waals surface area contributed by atoms with Gasteiger partial charge in [-0.3, -0.25) is 0 Å². The molecule has 0 fully saturated rings. The van der Waals surface area contributed by atoms with Gasteiger partial charge in [-0.05, 0) is 61.4 Å². The van der Waals surface area contributed by atoms with Crippen molar-refractivity contribution < 1.29 is 0 Å². The van der Waals surface area contributed by atoms with Gasteiger partial charge in [-0.15, -0.1) is 0 Å². The highest BCUT2D eigenvalue weighted by molar-refractivity contribution is 5.47. The summed E-state index contributed by atoms with van der Waals surface area (Å²) < 4.78 is 0. The third-order valence-corrected chi connectivity index (χ3v) is 7.34. The van der Waals surface area contributed by atoms with Crippen LogP contribution in [0.4, 0.5) is 0 Å². The minimum atomic E-state index is -0.322. The first-order valence-electron chi connectivity index (χ1n) is 13.9. The molecule has 2 aromatic rings. The quantitative estimate of drug-likeness (QED) is 0.183. The molecule has 2 rings (SSSR count). The third kappa shape index (κ3) is 7.66. The normalized spacial score (nSPS) is 13.4. The summed E-state index contributed by atoms with van der Waals surface area (Å²) in [5.41, 5.74) is 14.1. The second-order valence-electron chi connectivity index (χ2n) is 9.94. The molecule has 1 atom stereocenters. The molecule has 3 heteroatoms. The van der Waals surface area contributed by atoms with E-state index in [0.29, 0.717) is 0 Å². The SMILES string of the molecule is CCCCCCCCCCNN(NCC)C(C)(c1ccccc1)c1ccc(CCC)c(C)c1C. The Morgan fingerprint density at radius 2 is 1.35 bits per heavy atom. The number of hydrazine groups is 2. The van der Waals surface area contributed by atoms with Gasteiger partial charge in [0.2, 0.25) is 0 Å². The summed E-state index contributed by atoms with van der Waals surface area (Å²) in [6.45, 7) is 15.5. The molecule has 1 unspecified atom stereocenters. The van der Waals surface area contributed by atoms with Crippen molar-refractivity contribution in [2.24, 2.45) is 0 Å². The van der Waals surface area contributed by atoms with E-state index in [1.54, 1.807) is 0 Å². The van der Waals surface area contributed by atoms with E-state index in [0.717, 1.165) is 19.5 Å². The van der Waals surface area contributed by atoms with Gasteiger partial charge in [0, 0.05) is 13.1 Å². The van der Waals surface area contributed by atoms with E-state index < -0.39 is 0 Å². The Bertz CT molecular complexity index is 817. The number of unbranched alkanes of at least 4 members (excludes halogenated alkanes) is 7. The Morgan fingerprint density at radius 3 is 1.97 bits per heavy atom. The summed E-state index contributed by atoms with van der Waals surface area (Å²) in [7, 11) is 0. The molecule has 0 amide bonds. The predicted molar refractivity (Wildman–Crippen MR) is 149 cm³/mol. The molecule has 2 aromatic carbocycles. The topological polar surface area (TPSA) is 27.3 Å². The standard InChI is InChI=1S/C31H51N3/c1-7-10-11-12-13-14-15-19-25-33-34(32-9-3)31(6,29-21-17-16-18-22-29)30-24-23-28(20-8-2)26(4)27(30)5/h16-18,21-24,32-33H,7-15,19-20,25H2,1-6H3. The Balaban J connectivity index is 2.22. The zero-order chi connectivity index (χ0) is 24.8. The van der Waals surface area contributed by atoms with Gasteiger partial charge in [-0.25, -0.2) is 10.9 Å². The van der Waals surface area contributed by atoms with Crippen LogP contribution in [-0.4, -0.2) is 18.2 Å². The van der Waals surface area contributed by atoms with Gasteiger partial charge in [0.25, 0.3) is 0 Å². The molecular formula is C31H51N3. The van der Waals surface area contributed by atoms with Crippen molar-refractivity contribution in [3.8, 4) is 0 Å². The maximum Gasteiger partial charge on any atom is 0.0981 e. The number of benzene rings is 2. The summed E-state index contributed by atoms with van der Waals surface area (Å²) in [6.07, 6.45) is 13.0. The van der Waals surface area contributed by atoms with Crippen LogP contribution in [0.3, 0.4) is 0 Å². The molecule has 3 nitrogen and oxygen atoms in total. The van der Waals surface area contributed by atoms with E-state index in [1.807, 2.05) is 0 Å². The van der Waals surface area contributed by atoms with Crippen molar-refractivity contribution in [1.29, 1.82) is 0 Å². The summed E-state index contributed by atoms with van der Waals surface area (Å²) in [4.78, 5) is 0. The van der Waals surface area contributed by atoms with Crippen LogP contribution in [-0.2, 0) is 12.0 Å². The number of aryl methyl sites for hydroxylation is 1. The van der Waals surface area contributed by atoms with Crippen LogP contribution in [0.25, 0.3) is 0 Å². The van der Waals surface area contributed by atoms with Crippen molar-refractivity contribution in [1.82, 2.24) is 16.0 Å². The lowest BCUT2D eigenvalue weighted by molar-refractivity contribution is 0.0148. The number of rotatable bonds is 17.